The number of hydrogen-bond donors (Lipinski definition) is 1. The Labute approximate surface area is 138 Å². The molecule has 122 valence electrons. The summed E-state index contributed by atoms with van der Waals surface area (Å²) in [5.41, 5.74) is 2.87. The van der Waals surface area contributed by atoms with E-state index in [0.29, 0.717) is 18.7 Å². The van der Waals surface area contributed by atoms with Gasteiger partial charge in [0.05, 0.1) is 6.61 Å². The number of hydrogen-bond acceptors (Lipinski definition) is 3. The number of amides is 1. The number of aliphatic hydroxyl groups is 1. The summed E-state index contributed by atoms with van der Waals surface area (Å²) in [6.45, 7) is 1.63. The number of aliphatic hydroxyl groups excluding tert-OH is 1. The topological polar surface area (TPSA) is 43.8 Å². The second kappa shape index (κ2) is 8.46. The van der Waals surface area contributed by atoms with E-state index in [1.807, 2.05) is 68.7 Å². The molecule has 0 aromatic heterocycles. The molecule has 0 fully saturated rings. The van der Waals surface area contributed by atoms with Crippen LogP contribution in [0, 0.1) is 0 Å². The third-order valence-corrected chi connectivity index (χ3v) is 3.57. The molecule has 4 heteroatoms. The zero-order valence-corrected chi connectivity index (χ0v) is 13.8. The monoisotopic (exact) mass is 312 g/mol. The third-order valence-electron chi connectivity index (χ3n) is 3.57. The van der Waals surface area contributed by atoms with Crippen molar-refractivity contribution in [3.63, 3.8) is 0 Å². The van der Waals surface area contributed by atoms with Crippen molar-refractivity contribution in [2.45, 2.75) is 13.1 Å². The first-order chi connectivity index (χ1) is 11.1. The van der Waals surface area contributed by atoms with Gasteiger partial charge < -0.3 is 14.9 Å². The van der Waals surface area contributed by atoms with Crippen LogP contribution in [0.15, 0.2) is 54.6 Å². The summed E-state index contributed by atoms with van der Waals surface area (Å²) >= 11 is 0. The van der Waals surface area contributed by atoms with E-state index in [0.717, 1.165) is 12.1 Å². The highest BCUT2D eigenvalue weighted by molar-refractivity contribution is 5.94. The molecule has 0 saturated heterocycles. The molecule has 0 spiro atoms. The molecule has 1 N–H and O–H groups in total. The van der Waals surface area contributed by atoms with Crippen molar-refractivity contribution in [1.29, 1.82) is 0 Å². The Kier molecular flexibility index (Phi) is 6.32. The molecule has 1 amide bonds. The molecule has 0 unspecified atom stereocenters. The lowest BCUT2D eigenvalue weighted by Gasteiger charge is -2.22. The summed E-state index contributed by atoms with van der Waals surface area (Å²) in [5, 5.41) is 9.25. The van der Waals surface area contributed by atoms with Gasteiger partial charge in [-0.2, -0.15) is 0 Å². The first-order valence-electron chi connectivity index (χ1n) is 7.78. The molecule has 0 radical (unpaired) electrons. The minimum atomic E-state index is -0.0562. The summed E-state index contributed by atoms with van der Waals surface area (Å²) in [4.78, 5) is 16.4. The lowest BCUT2D eigenvalue weighted by molar-refractivity contribution is 0.0708. The number of nitrogens with zero attached hydrogens (tertiary/aromatic N) is 2. The van der Waals surface area contributed by atoms with Crippen molar-refractivity contribution in [3.8, 4) is 0 Å². The summed E-state index contributed by atoms with van der Waals surface area (Å²) in [6, 6.07) is 17.5. The summed E-state index contributed by atoms with van der Waals surface area (Å²) in [7, 11) is 4.03. The normalized spacial score (nSPS) is 10.8. The highest BCUT2D eigenvalue weighted by atomic mass is 16.3. The average molecular weight is 312 g/mol. The largest absolute Gasteiger partial charge is 0.395 e. The van der Waals surface area contributed by atoms with E-state index >= 15 is 0 Å². The molecule has 4 nitrogen and oxygen atoms in total. The second-order valence-electron chi connectivity index (χ2n) is 5.87. The van der Waals surface area contributed by atoms with Gasteiger partial charge in [-0.3, -0.25) is 4.79 Å². The summed E-state index contributed by atoms with van der Waals surface area (Å²) in [5.74, 6) is -0.0562. The van der Waals surface area contributed by atoms with Crippen LogP contribution in [-0.2, 0) is 13.1 Å². The van der Waals surface area contributed by atoms with Crippen LogP contribution in [0.1, 0.15) is 21.5 Å². The zero-order valence-electron chi connectivity index (χ0n) is 13.8. The molecule has 0 bridgehead atoms. The summed E-state index contributed by atoms with van der Waals surface area (Å²) < 4.78 is 0. The highest BCUT2D eigenvalue weighted by Crippen LogP contribution is 2.12. The van der Waals surface area contributed by atoms with Crippen LogP contribution < -0.4 is 0 Å². The Morgan fingerprint density at radius 3 is 2.09 bits per heavy atom. The van der Waals surface area contributed by atoms with Crippen molar-refractivity contribution in [2.75, 3.05) is 27.2 Å². The Bertz CT molecular complexity index is 609. The fraction of sp³-hybridized carbons (Fsp3) is 0.316. The van der Waals surface area contributed by atoms with Crippen LogP contribution in [-0.4, -0.2) is 48.1 Å². The van der Waals surface area contributed by atoms with Gasteiger partial charge in [-0.25, -0.2) is 0 Å². The average Bonchev–Trinajstić information content (AvgIpc) is 2.55. The van der Waals surface area contributed by atoms with E-state index in [-0.39, 0.29) is 12.5 Å². The maximum absolute atomic E-state index is 12.7. The summed E-state index contributed by atoms with van der Waals surface area (Å²) in [6.07, 6.45) is 0. The molecule has 2 rings (SSSR count). The van der Waals surface area contributed by atoms with Crippen molar-refractivity contribution in [1.82, 2.24) is 9.80 Å². The first kappa shape index (κ1) is 17.2. The van der Waals surface area contributed by atoms with Crippen LogP contribution in [0.3, 0.4) is 0 Å². The molecule has 0 atom stereocenters. The fourth-order valence-electron chi connectivity index (χ4n) is 2.48. The molecule has 0 saturated carbocycles. The lowest BCUT2D eigenvalue weighted by atomic mass is 10.1. The Hall–Kier alpha value is -2.17. The van der Waals surface area contributed by atoms with Gasteiger partial charge in [0.1, 0.15) is 0 Å². The van der Waals surface area contributed by atoms with Gasteiger partial charge in [0.15, 0.2) is 0 Å². The number of carbonyl (C=O) groups is 1. The van der Waals surface area contributed by atoms with Gasteiger partial charge in [-0.15, -0.1) is 0 Å². The molecule has 0 heterocycles. The van der Waals surface area contributed by atoms with Gasteiger partial charge in [-0.05, 0) is 37.4 Å². The predicted octanol–water partition coefficient (Wildman–Crippen LogP) is 2.38. The predicted molar refractivity (Wildman–Crippen MR) is 92.1 cm³/mol. The fourth-order valence-corrected chi connectivity index (χ4v) is 2.48. The molecule has 2 aromatic rings. The Morgan fingerprint density at radius 1 is 0.913 bits per heavy atom. The molecule has 2 aromatic carbocycles. The van der Waals surface area contributed by atoms with E-state index in [9.17, 15) is 9.90 Å². The van der Waals surface area contributed by atoms with E-state index in [4.69, 9.17) is 0 Å². The standard InChI is InChI=1S/C19H24N2O2/c1-20(2)14-17-8-10-18(11-9-17)19(23)21(12-13-22)15-16-6-4-3-5-7-16/h3-11,22H,12-15H2,1-2H3. The van der Waals surface area contributed by atoms with Gasteiger partial charge in [0.2, 0.25) is 0 Å². The van der Waals surface area contributed by atoms with Crippen molar-refractivity contribution >= 4 is 5.91 Å². The highest BCUT2D eigenvalue weighted by Gasteiger charge is 2.15. The Balaban J connectivity index is 2.10. The van der Waals surface area contributed by atoms with Gasteiger partial charge in [0, 0.05) is 25.2 Å². The maximum atomic E-state index is 12.7. The van der Waals surface area contributed by atoms with Crippen LogP contribution >= 0.6 is 0 Å². The SMILES string of the molecule is CN(C)Cc1ccc(C(=O)N(CCO)Cc2ccccc2)cc1. The van der Waals surface area contributed by atoms with Crippen LogP contribution in [0.2, 0.25) is 0 Å². The molecular formula is C19H24N2O2. The number of rotatable bonds is 7. The van der Waals surface area contributed by atoms with Gasteiger partial charge in [-0.1, -0.05) is 42.5 Å². The molecular weight excluding hydrogens is 288 g/mol. The first-order valence-corrected chi connectivity index (χ1v) is 7.78. The Morgan fingerprint density at radius 2 is 1.52 bits per heavy atom. The quantitative estimate of drug-likeness (QED) is 0.854. The van der Waals surface area contributed by atoms with E-state index in [2.05, 4.69) is 4.90 Å². The van der Waals surface area contributed by atoms with Crippen molar-refractivity contribution in [2.24, 2.45) is 0 Å². The van der Waals surface area contributed by atoms with E-state index < -0.39 is 0 Å². The van der Waals surface area contributed by atoms with Crippen molar-refractivity contribution < 1.29 is 9.90 Å². The maximum Gasteiger partial charge on any atom is 0.254 e. The number of benzene rings is 2. The van der Waals surface area contributed by atoms with E-state index in [1.165, 1.54) is 5.56 Å². The van der Waals surface area contributed by atoms with Crippen molar-refractivity contribution in [3.05, 3.63) is 71.3 Å². The number of carbonyl (C=O) groups excluding carboxylic acids is 1. The minimum absolute atomic E-state index is 0.0444. The molecule has 23 heavy (non-hydrogen) atoms. The third kappa shape index (κ3) is 5.20. The zero-order chi connectivity index (χ0) is 16.7. The molecule has 0 aliphatic rings. The van der Waals surface area contributed by atoms with Crippen LogP contribution in [0.4, 0.5) is 0 Å². The van der Waals surface area contributed by atoms with Gasteiger partial charge >= 0.3 is 0 Å². The second-order valence-corrected chi connectivity index (χ2v) is 5.87. The van der Waals surface area contributed by atoms with Crippen LogP contribution in [0.5, 0.6) is 0 Å². The van der Waals surface area contributed by atoms with Gasteiger partial charge in [0.25, 0.3) is 5.91 Å². The van der Waals surface area contributed by atoms with Crippen LogP contribution in [0.25, 0.3) is 0 Å². The van der Waals surface area contributed by atoms with E-state index in [1.54, 1.807) is 4.90 Å². The lowest BCUT2D eigenvalue weighted by Crippen LogP contribution is -2.33. The minimum Gasteiger partial charge on any atom is -0.395 e. The molecule has 0 aliphatic carbocycles. The molecule has 0 aliphatic heterocycles. The smallest absolute Gasteiger partial charge is 0.254 e.